The Labute approximate surface area is 136 Å². The summed E-state index contributed by atoms with van der Waals surface area (Å²) < 4.78 is 29.6. The van der Waals surface area contributed by atoms with E-state index in [9.17, 15) is 8.42 Å². The molecule has 1 fully saturated rings. The van der Waals surface area contributed by atoms with Crippen LogP contribution in [0.25, 0.3) is 0 Å². The highest BCUT2D eigenvalue weighted by molar-refractivity contribution is 7.89. The van der Waals surface area contributed by atoms with Gasteiger partial charge in [0.05, 0.1) is 0 Å². The van der Waals surface area contributed by atoms with Crippen LogP contribution in [0.15, 0.2) is 23.6 Å². The highest BCUT2D eigenvalue weighted by atomic mass is 32.2. The molecule has 0 aliphatic heterocycles. The van der Waals surface area contributed by atoms with Gasteiger partial charge in [-0.15, -0.1) is 0 Å². The van der Waals surface area contributed by atoms with Gasteiger partial charge in [0.25, 0.3) is 10.0 Å². The van der Waals surface area contributed by atoms with E-state index < -0.39 is 10.0 Å². The molecule has 1 unspecified atom stereocenters. The molecule has 0 spiro atoms. The number of aryl methyl sites for hydroxylation is 1. The molecule has 0 saturated heterocycles. The molecule has 1 atom stereocenters. The molecule has 23 heavy (non-hydrogen) atoms. The Balaban J connectivity index is 1.70. The van der Waals surface area contributed by atoms with Crippen molar-refractivity contribution in [3.63, 3.8) is 0 Å². The van der Waals surface area contributed by atoms with Crippen molar-refractivity contribution in [1.29, 1.82) is 0 Å². The van der Waals surface area contributed by atoms with E-state index in [1.54, 1.807) is 18.6 Å². The summed E-state index contributed by atoms with van der Waals surface area (Å²) >= 11 is 0. The standard InChI is InChI=1S/C15H23N5O2S/c1-3-13-19-14(10-20(13)9-12-4-5-12)23(21,22)18-8-11(2)15-16-6-7-17-15/h6-7,10-12,18H,3-5,8-9H2,1-2H3,(H,16,17). The molecule has 1 aliphatic carbocycles. The molecule has 2 aromatic rings. The van der Waals surface area contributed by atoms with Gasteiger partial charge in [-0.1, -0.05) is 13.8 Å². The van der Waals surface area contributed by atoms with Crippen LogP contribution in [0.4, 0.5) is 0 Å². The van der Waals surface area contributed by atoms with Crippen molar-refractivity contribution in [2.24, 2.45) is 5.92 Å². The Morgan fingerprint density at radius 1 is 1.48 bits per heavy atom. The minimum atomic E-state index is -3.60. The van der Waals surface area contributed by atoms with E-state index in [0.717, 1.165) is 24.6 Å². The van der Waals surface area contributed by atoms with Crippen molar-refractivity contribution in [2.75, 3.05) is 6.54 Å². The van der Waals surface area contributed by atoms with Crippen LogP contribution in [-0.2, 0) is 23.0 Å². The molecule has 1 aliphatic rings. The van der Waals surface area contributed by atoms with E-state index in [2.05, 4.69) is 19.7 Å². The molecule has 7 nitrogen and oxygen atoms in total. The topological polar surface area (TPSA) is 92.7 Å². The van der Waals surface area contributed by atoms with Crippen molar-refractivity contribution < 1.29 is 8.42 Å². The van der Waals surface area contributed by atoms with Gasteiger partial charge in [-0.25, -0.2) is 23.1 Å². The Morgan fingerprint density at radius 2 is 2.26 bits per heavy atom. The SMILES string of the molecule is CCc1nc(S(=O)(=O)NCC(C)c2ncc[nH]2)cn1CC1CC1. The fraction of sp³-hybridized carbons (Fsp3) is 0.600. The third kappa shape index (κ3) is 3.81. The number of H-pyrrole nitrogens is 1. The van der Waals surface area contributed by atoms with Gasteiger partial charge in [-0.2, -0.15) is 0 Å². The minimum Gasteiger partial charge on any atom is -0.348 e. The smallest absolute Gasteiger partial charge is 0.259 e. The lowest BCUT2D eigenvalue weighted by atomic mass is 10.2. The lowest BCUT2D eigenvalue weighted by molar-refractivity contribution is 0.568. The number of rotatable bonds is 8. The summed E-state index contributed by atoms with van der Waals surface area (Å²) in [7, 11) is -3.60. The predicted molar refractivity (Wildman–Crippen MR) is 86.5 cm³/mol. The molecule has 126 valence electrons. The molecular formula is C15H23N5O2S. The Hall–Kier alpha value is -1.67. The summed E-state index contributed by atoms with van der Waals surface area (Å²) in [5, 5.41) is 0.113. The van der Waals surface area contributed by atoms with Gasteiger partial charge in [0, 0.05) is 44.0 Å². The summed E-state index contributed by atoms with van der Waals surface area (Å²) in [6.07, 6.45) is 8.23. The van der Waals surface area contributed by atoms with E-state index in [-0.39, 0.29) is 17.5 Å². The fourth-order valence-electron chi connectivity index (χ4n) is 2.53. The van der Waals surface area contributed by atoms with Crippen LogP contribution in [0.2, 0.25) is 0 Å². The van der Waals surface area contributed by atoms with Crippen LogP contribution in [0, 0.1) is 5.92 Å². The van der Waals surface area contributed by atoms with Crippen LogP contribution in [0.1, 0.15) is 44.3 Å². The first-order valence-corrected chi connectivity index (χ1v) is 9.53. The fourth-order valence-corrected chi connectivity index (χ4v) is 3.64. The lowest BCUT2D eigenvalue weighted by Gasteiger charge is -2.09. The van der Waals surface area contributed by atoms with Gasteiger partial charge in [0.2, 0.25) is 0 Å². The third-order valence-electron chi connectivity index (χ3n) is 4.15. The first-order valence-electron chi connectivity index (χ1n) is 8.04. The van der Waals surface area contributed by atoms with Crippen LogP contribution >= 0.6 is 0 Å². The number of hydrogen-bond donors (Lipinski definition) is 2. The second-order valence-electron chi connectivity index (χ2n) is 6.17. The highest BCUT2D eigenvalue weighted by Crippen LogP contribution is 2.31. The van der Waals surface area contributed by atoms with Gasteiger partial charge >= 0.3 is 0 Å². The number of aromatic nitrogens is 4. The van der Waals surface area contributed by atoms with Gasteiger partial charge in [-0.3, -0.25) is 0 Å². The highest BCUT2D eigenvalue weighted by Gasteiger charge is 2.26. The van der Waals surface area contributed by atoms with Crippen LogP contribution in [-0.4, -0.2) is 34.5 Å². The van der Waals surface area contributed by atoms with Crippen LogP contribution in [0.3, 0.4) is 0 Å². The summed E-state index contributed by atoms with van der Waals surface area (Å²) in [6.45, 7) is 5.07. The monoisotopic (exact) mass is 337 g/mol. The lowest BCUT2D eigenvalue weighted by Crippen LogP contribution is -2.28. The second kappa shape index (κ2) is 6.45. The molecule has 2 N–H and O–H groups in total. The molecule has 0 bridgehead atoms. The third-order valence-corrected chi connectivity index (χ3v) is 5.44. The number of nitrogens with zero attached hydrogens (tertiary/aromatic N) is 3. The maximum atomic E-state index is 12.5. The van der Waals surface area contributed by atoms with E-state index in [1.807, 2.05) is 18.4 Å². The van der Waals surface area contributed by atoms with Crippen LogP contribution in [0.5, 0.6) is 0 Å². The molecule has 1 saturated carbocycles. The number of aromatic amines is 1. The number of imidazole rings is 2. The molecule has 3 rings (SSSR count). The molecule has 2 heterocycles. The van der Waals surface area contributed by atoms with Gasteiger partial charge in [0.15, 0.2) is 5.03 Å². The molecule has 0 amide bonds. The summed E-state index contributed by atoms with van der Waals surface area (Å²) in [6, 6.07) is 0. The van der Waals surface area contributed by atoms with Crippen LogP contribution < -0.4 is 4.72 Å². The number of nitrogens with one attached hydrogen (secondary N) is 2. The zero-order valence-electron chi connectivity index (χ0n) is 13.5. The zero-order valence-corrected chi connectivity index (χ0v) is 14.3. The van der Waals surface area contributed by atoms with Crippen molar-refractivity contribution in [1.82, 2.24) is 24.2 Å². The van der Waals surface area contributed by atoms with E-state index in [4.69, 9.17) is 0 Å². The van der Waals surface area contributed by atoms with Gasteiger partial charge in [0.1, 0.15) is 11.6 Å². The van der Waals surface area contributed by atoms with Gasteiger partial charge < -0.3 is 9.55 Å². The maximum absolute atomic E-state index is 12.5. The van der Waals surface area contributed by atoms with E-state index in [1.165, 1.54) is 12.8 Å². The molecule has 0 radical (unpaired) electrons. The van der Waals surface area contributed by atoms with Crippen molar-refractivity contribution in [3.05, 3.63) is 30.2 Å². The maximum Gasteiger partial charge on any atom is 0.259 e. The normalized spacial score (nSPS) is 16.6. The Kier molecular flexibility index (Phi) is 4.54. The van der Waals surface area contributed by atoms with E-state index in [0.29, 0.717) is 5.92 Å². The number of sulfonamides is 1. The Morgan fingerprint density at radius 3 is 2.87 bits per heavy atom. The van der Waals surface area contributed by atoms with Crippen molar-refractivity contribution >= 4 is 10.0 Å². The van der Waals surface area contributed by atoms with Crippen molar-refractivity contribution in [3.8, 4) is 0 Å². The summed E-state index contributed by atoms with van der Waals surface area (Å²) in [4.78, 5) is 11.5. The first-order chi connectivity index (χ1) is 11.0. The second-order valence-corrected chi connectivity index (χ2v) is 7.89. The largest absolute Gasteiger partial charge is 0.348 e. The summed E-state index contributed by atoms with van der Waals surface area (Å²) in [5.41, 5.74) is 0. The first kappa shape index (κ1) is 16.2. The van der Waals surface area contributed by atoms with Gasteiger partial charge in [-0.05, 0) is 18.8 Å². The van der Waals surface area contributed by atoms with E-state index >= 15 is 0 Å². The Bertz CT molecular complexity index is 747. The average molecular weight is 337 g/mol. The summed E-state index contributed by atoms with van der Waals surface area (Å²) in [5.74, 6) is 2.24. The minimum absolute atomic E-state index is 0.0287. The predicted octanol–water partition coefficient (Wildman–Crippen LogP) is 1.66. The molecule has 2 aromatic heterocycles. The van der Waals surface area contributed by atoms with Crippen molar-refractivity contribution in [2.45, 2.75) is 50.6 Å². The molecule has 0 aromatic carbocycles. The molecular weight excluding hydrogens is 314 g/mol. The number of hydrogen-bond acceptors (Lipinski definition) is 4. The average Bonchev–Trinajstić information content (AvgIpc) is 3.03. The quantitative estimate of drug-likeness (QED) is 0.766. The molecule has 8 heteroatoms. The zero-order chi connectivity index (χ0) is 16.4.